The molecule has 0 bridgehead atoms. The van der Waals surface area contributed by atoms with Crippen LogP contribution in [-0.2, 0) is 0 Å². The maximum Gasteiger partial charge on any atom is -0.0184 e. The highest BCUT2D eigenvalue weighted by Gasteiger charge is 2.14. The van der Waals surface area contributed by atoms with Gasteiger partial charge < -0.3 is 0 Å². The van der Waals surface area contributed by atoms with Gasteiger partial charge in [0.05, 0.1) is 0 Å². The lowest BCUT2D eigenvalue weighted by atomic mass is 9.84. The summed E-state index contributed by atoms with van der Waals surface area (Å²) in [6, 6.07) is 19.7. The third-order valence-corrected chi connectivity index (χ3v) is 4.58. The maximum atomic E-state index is 2.47. The second-order valence-electron chi connectivity index (χ2n) is 6.10. The van der Waals surface area contributed by atoms with Crippen molar-refractivity contribution in [2.45, 2.75) is 39.0 Å². The van der Waals surface area contributed by atoms with E-state index in [-0.39, 0.29) is 0 Å². The minimum absolute atomic E-state index is 0.919. The van der Waals surface area contributed by atoms with E-state index in [1.165, 1.54) is 48.8 Å². The predicted octanol–water partition coefficient (Wildman–Crippen LogP) is 6.34. The molecule has 1 aliphatic rings. The lowest BCUT2D eigenvalue weighted by Gasteiger charge is -2.21. The molecule has 108 valence electrons. The van der Waals surface area contributed by atoms with Gasteiger partial charge in [-0.2, -0.15) is 0 Å². The first-order chi connectivity index (χ1) is 10.4. The summed E-state index contributed by atoms with van der Waals surface area (Å²) in [6.07, 6.45) is 9.05. The zero-order valence-corrected chi connectivity index (χ0v) is 12.9. The predicted molar refractivity (Wildman–Crippen MR) is 92.1 cm³/mol. The minimum atomic E-state index is 0.919. The van der Waals surface area contributed by atoms with Crippen LogP contribution in [0.4, 0.5) is 0 Å². The summed E-state index contributed by atoms with van der Waals surface area (Å²) < 4.78 is 0. The van der Waals surface area contributed by atoms with Gasteiger partial charge >= 0.3 is 0 Å². The molecule has 0 radical (unpaired) electrons. The molecule has 0 spiro atoms. The molecule has 2 aromatic carbocycles. The first kappa shape index (κ1) is 14.1. The maximum absolute atomic E-state index is 2.47. The number of allylic oxidation sites excluding steroid dienone is 2. The van der Waals surface area contributed by atoms with E-state index < -0.39 is 0 Å². The number of rotatable bonds is 4. The summed E-state index contributed by atoms with van der Waals surface area (Å²) in [5, 5.41) is 0. The van der Waals surface area contributed by atoms with Crippen LogP contribution in [0.5, 0.6) is 0 Å². The second kappa shape index (κ2) is 6.76. The van der Waals surface area contributed by atoms with Crippen molar-refractivity contribution >= 4 is 5.57 Å². The van der Waals surface area contributed by atoms with Crippen molar-refractivity contribution in [1.29, 1.82) is 0 Å². The molecule has 0 saturated carbocycles. The highest BCUT2D eigenvalue weighted by atomic mass is 14.2. The van der Waals surface area contributed by atoms with Crippen LogP contribution in [0.2, 0.25) is 0 Å². The number of benzene rings is 2. The molecular formula is C21H24. The lowest BCUT2D eigenvalue weighted by Crippen LogP contribution is -2.04. The highest BCUT2D eigenvalue weighted by molar-refractivity contribution is 5.70. The molecule has 0 aromatic heterocycles. The van der Waals surface area contributed by atoms with Crippen LogP contribution in [0.15, 0.2) is 60.7 Å². The molecule has 21 heavy (non-hydrogen) atoms. The topological polar surface area (TPSA) is 0 Å². The Hall–Kier alpha value is -1.82. The van der Waals surface area contributed by atoms with Gasteiger partial charge in [0.15, 0.2) is 0 Å². The van der Waals surface area contributed by atoms with Crippen LogP contribution in [0.3, 0.4) is 0 Å². The number of hydrogen-bond donors (Lipinski definition) is 0. The van der Waals surface area contributed by atoms with Crippen LogP contribution in [0.1, 0.15) is 44.6 Å². The van der Waals surface area contributed by atoms with E-state index in [0.29, 0.717) is 0 Å². The smallest absolute Gasteiger partial charge is 0.0184 e. The summed E-state index contributed by atoms with van der Waals surface area (Å²) >= 11 is 0. The Bertz CT molecular complexity index is 590. The van der Waals surface area contributed by atoms with Crippen LogP contribution in [0.25, 0.3) is 16.7 Å². The minimum Gasteiger partial charge on any atom is -0.0804 e. The molecular weight excluding hydrogens is 252 g/mol. The Kier molecular flexibility index (Phi) is 4.55. The molecule has 0 nitrogen and oxygen atoms in total. The largest absolute Gasteiger partial charge is 0.0804 e. The standard InChI is InChI=1S/C21H24/c1-2-6-17-9-11-19(12-10-17)21-15-13-20(14-16-21)18-7-4-3-5-8-18/h3-5,7-8,11,13-17H,2,6,9-10,12H2,1H3. The van der Waals surface area contributed by atoms with Crippen LogP contribution in [0, 0.1) is 5.92 Å². The fraction of sp³-hybridized carbons (Fsp3) is 0.333. The molecule has 1 unspecified atom stereocenters. The fourth-order valence-electron chi connectivity index (χ4n) is 3.33. The van der Waals surface area contributed by atoms with Crippen LogP contribution in [-0.4, -0.2) is 0 Å². The van der Waals surface area contributed by atoms with E-state index in [1.807, 2.05) is 0 Å². The molecule has 0 amide bonds. The van der Waals surface area contributed by atoms with Crippen molar-refractivity contribution in [1.82, 2.24) is 0 Å². The van der Waals surface area contributed by atoms with E-state index in [2.05, 4.69) is 67.6 Å². The monoisotopic (exact) mass is 276 g/mol. The molecule has 0 N–H and O–H groups in total. The Morgan fingerprint density at radius 1 is 0.857 bits per heavy atom. The van der Waals surface area contributed by atoms with Crippen LogP contribution < -0.4 is 0 Å². The van der Waals surface area contributed by atoms with Gasteiger partial charge in [-0.15, -0.1) is 0 Å². The van der Waals surface area contributed by atoms with Gasteiger partial charge in [-0.25, -0.2) is 0 Å². The van der Waals surface area contributed by atoms with E-state index >= 15 is 0 Å². The Morgan fingerprint density at radius 3 is 2.14 bits per heavy atom. The first-order valence-electron chi connectivity index (χ1n) is 8.21. The van der Waals surface area contributed by atoms with Crippen molar-refractivity contribution < 1.29 is 0 Å². The molecule has 0 fully saturated rings. The van der Waals surface area contributed by atoms with Gasteiger partial charge in [-0.1, -0.05) is 80.4 Å². The Balaban J connectivity index is 1.73. The molecule has 3 rings (SSSR count). The normalized spacial score (nSPS) is 18.3. The summed E-state index contributed by atoms with van der Waals surface area (Å²) in [5.41, 5.74) is 5.55. The van der Waals surface area contributed by atoms with Crippen molar-refractivity contribution in [3.63, 3.8) is 0 Å². The molecule has 1 aliphatic carbocycles. The van der Waals surface area contributed by atoms with Gasteiger partial charge in [0.1, 0.15) is 0 Å². The molecule has 0 heterocycles. The van der Waals surface area contributed by atoms with Gasteiger partial charge in [-0.3, -0.25) is 0 Å². The van der Waals surface area contributed by atoms with Gasteiger partial charge in [0.25, 0.3) is 0 Å². The SMILES string of the molecule is CCCC1CC=C(c2ccc(-c3ccccc3)cc2)CC1. The van der Waals surface area contributed by atoms with Gasteiger partial charge in [-0.05, 0) is 47.4 Å². The second-order valence-corrected chi connectivity index (χ2v) is 6.10. The van der Waals surface area contributed by atoms with E-state index in [4.69, 9.17) is 0 Å². The van der Waals surface area contributed by atoms with Crippen molar-refractivity contribution in [3.05, 3.63) is 66.2 Å². The number of hydrogen-bond acceptors (Lipinski definition) is 0. The van der Waals surface area contributed by atoms with Crippen molar-refractivity contribution in [3.8, 4) is 11.1 Å². The highest BCUT2D eigenvalue weighted by Crippen LogP contribution is 2.33. The summed E-state index contributed by atoms with van der Waals surface area (Å²) in [7, 11) is 0. The summed E-state index contributed by atoms with van der Waals surface area (Å²) in [5.74, 6) is 0.919. The van der Waals surface area contributed by atoms with Crippen molar-refractivity contribution in [2.24, 2.45) is 5.92 Å². The third kappa shape index (κ3) is 3.44. The summed E-state index contributed by atoms with van der Waals surface area (Å²) in [6.45, 7) is 2.29. The van der Waals surface area contributed by atoms with Gasteiger partial charge in [0, 0.05) is 0 Å². The molecule has 2 aromatic rings. The lowest BCUT2D eigenvalue weighted by molar-refractivity contribution is 0.445. The quantitative estimate of drug-likeness (QED) is 0.611. The first-order valence-corrected chi connectivity index (χ1v) is 8.21. The fourth-order valence-corrected chi connectivity index (χ4v) is 3.33. The Labute approximate surface area is 128 Å². The third-order valence-electron chi connectivity index (χ3n) is 4.58. The summed E-state index contributed by atoms with van der Waals surface area (Å²) in [4.78, 5) is 0. The van der Waals surface area contributed by atoms with E-state index in [1.54, 1.807) is 5.57 Å². The molecule has 0 saturated heterocycles. The average Bonchev–Trinajstić information content (AvgIpc) is 2.57. The van der Waals surface area contributed by atoms with Crippen LogP contribution >= 0.6 is 0 Å². The molecule has 1 atom stereocenters. The van der Waals surface area contributed by atoms with E-state index in [9.17, 15) is 0 Å². The molecule has 0 heteroatoms. The van der Waals surface area contributed by atoms with Gasteiger partial charge in [0.2, 0.25) is 0 Å². The molecule has 0 aliphatic heterocycles. The zero-order chi connectivity index (χ0) is 14.5. The zero-order valence-electron chi connectivity index (χ0n) is 12.9. The Morgan fingerprint density at radius 2 is 1.52 bits per heavy atom. The van der Waals surface area contributed by atoms with E-state index in [0.717, 1.165) is 5.92 Å². The van der Waals surface area contributed by atoms with Crippen molar-refractivity contribution in [2.75, 3.05) is 0 Å². The average molecular weight is 276 g/mol.